The van der Waals surface area contributed by atoms with E-state index in [1.54, 1.807) is 11.4 Å². The van der Waals surface area contributed by atoms with Crippen molar-refractivity contribution in [3.63, 3.8) is 0 Å². The lowest BCUT2D eigenvalue weighted by atomic mass is 10.1. The molecule has 0 bridgehead atoms. The van der Waals surface area contributed by atoms with Crippen LogP contribution in [-0.4, -0.2) is 32.6 Å². The second-order valence-corrected chi connectivity index (χ2v) is 8.32. The number of nitrogens with one attached hydrogen (secondary N) is 1. The zero-order chi connectivity index (χ0) is 19.4. The Bertz CT molecular complexity index is 956. The number of nitrogens with zero attached hydrogens (tertiary/aromatic N) is 1. The molecule has 3 rings (SSSR count). The minimum Gasteiger partial charge on any atom is -0.467 e. The van der Waals surface area contributed by atoms with Crippen LogP contribution in [0.4, 0.5) is 5.69 Å². The first-order valence-electron chi connectivity index (χ1n) is 7.56. The van der Waals surface area contributed by atoms with Crippen molar-refractivity contribution in [2.45, 2.75) is 17.4 Å². The quantitative estimate of drug-likeness (QED) is 0.410. The van der Waals surface area contributed by atoms with E-state index in [4.69, 9.17) is 14.2 Å². The summed E-state index contributed by atoms with van der Waals surface area (Å²) in [4.78, 5) is 22.3. The van der Waals surface area contributed by atoms with Gasteiger partial charge in [0.05, 0.1) is 11.5 Å². The number of carbonyl (C=O) groups is 1. The molecule has 1 aliphatic rings. The van der Waals surface area contributed by atoms with Crippen molar-refractivity contribution in [1.29, 1.82) is 0 Å². The van der Waals surface area contributed by atoms with Crippen LogP contribution in [0.5, 0.6) is 5.75 Å². The fourth-order valence-electron chi connectivity index (χ4n) is 2.34. The SMILES string of the molecule is O=C(CNS(=O)(=O)c1cccs1)OCc1cc([N+](=O)[O-])cc2c1OCOC2. The van der Waals surface area contributed by atoms with Crippen LogP contribution in [0, 0.1) is 10.1 Å². The van der Waals surface area contributed by atoms with Gasteiger partial charge in [0.15, 0.2) is 6.79 Å². The average Bonchev–Trinajstić information content (AvgIpc) is 3.20. The maximum atomic E-state index is 12.0. The van der Waals surface area contributed by atoms with Crippen molar-refractivity contribution < 1.29 is 32.3 Å². The van der Waals surface area contributed by atoms with Gasteiger partial charge in [-0.2, -0.15) is 4.72 Å². The number of nitro groups is 1. The highest BCUT2D eigenvalue weighted by molar-refractivity contribution is 7.91. The van der Waals surface area contributed by atoms with Crippen LogP contribution < -0.4 is 9.46 Å². The summed E-state index contributed by atoms with van der Waals surface area (Å²) in [7, 11) is -3.79. The molecular formula is C15H14N2O8S2. The van der Waals surface area contributed by atoms with Gasteiger partial charge in [-0.1, -0.05) is 6.07 Å². The van der Waals surface area contributed by atoms with E-state index in [1.807, 2.05) is 0 Å². The van der Waals surface area contributed by atoms with E-state index in [0.29, 0.717) is 16.9 Å². The van der Waals surface area contributed by atoms with E-state index in [-0.39, 0.29) is 29.9 Å². The van der Waals surface area contributed by atoms with Crippen molar-refractivity contribution in [2.24, 2.45) is 0 Å². The van der Waals surface area contributed by atoms with Crippen LogP contribution >= 0.6 is 11.3 Å². The van der Waals surface area contributed by atoms with Crippen LogP contribution in [0.15, 0.2) is 33.9 Å². The van der Waals surface area contributed by atoms with Crippen molar-refractivity contribution in [3.8, 4) is 5.75 Å². The Balaban J connectivity index is 1.65. The molecule has 1 aliphatic heterocycles. The summed E-state index contributed by atoms with van der Waals surface area (Å²) in [5.74, 6) is -0.471. The standard InChI is InChI=1S/C15H14N2O8S2/c18-13(6-16-27(21,22)14-2-1-3-26-14)24-8-11-5-12(17(19)20)4-10-7-23-9-25-15(10)11/h1-5,16H,6-9H2. The highest BCUT2D eigenvalue weighted by atomic mass is 32.2. The van der Waals surface area contributed by atoms with E-state index < -0.39 is 27.5 Å². The topological polar surface area (TPSA) is 134 Å². The second kappa shape index (κ2) is 8.00. The highest BCUT2D eigenvalue weighted by Gasteiger charge is 2.22. The number of ether oxygens (including phenoxy) is 3. The molecule has 12 heteroatoms. The van der Waals surface area contributed by atoms with Crippen molar-refractivity contribution in [2.75, 3.05) is 13.3 Å². The number of non-ortho nitro benzene ring substituents is 1. The van der Waals surface area contributed by atoms with Crippen LogP contribution in [0.25, 0.3) is 0 Å². The third-order valence-corrected chi connectivity index (χ3v) is 6.34. The molecule has 2 heterocycles. The Morgan fingerprint density at radius 3 is 2.93 bits per heavy atom. The lowest BCUT2D eigenvalue weighted by Gasteiger charge is -2.20. The van der Waals surface area contributed by atoms with Crippen LogP contribution in [0.3, 0.4) is 0 Å². The number of fused-ring (bicyclic) bond motifs is 1. The Kier molecular flexibility index (Phi) is 5.70. The molecule has 0 spiro atoms. The van der Waals surface area contributed by atoms with Gasteiger partial charge in [0.25, 0.3) is 15.7 Å². The fraction of sp³-hybridized carbons (Fsp3) is 0.267. The molecule has 0 saturated heterocycles. The minimum absolute atomic E-state index is 0.0215. The summed E-state index contributed by atoms with van der Waals surface area (Å²) in [5, 5.41) is 12.6. The lowest BCUT2D eigenvalue weighted by molar-refractivity contribution is -0.385. The first-order valence-corrected chi connectivity index (χ1v) is 9.92. The number of carbonyl (C=O) groups excluding carboxylic acids is 1. The van der Waals surface area contributed by atoms with Gasteiger partial charge in [0.2, 0.25) is 0 Å². The maximum Gasteiger partial charge on any atom is 0.321 e. The normalized spacial score (nSPS) is 13.5. The van der Waals surface area contributed by atoms with Crippen molar-refractivity contribution >= 4 is 33.0 Å². The van der Waals surface area contributed by atoms with E-state index in [9.17, 15) is 23.3 Å². The van der Waals surface area contributed by atoms with Gasteiger partial charge in [-0.3, -0.25) is 14.9 Å². The summed E-state index contributed by atoms with van der Waals surface area (Å²) >= 11 is 1.02. The summed E-state index contributed by atoms with van der Waals surface area (Å²) in [5.41, 5.74) is 0.587. The summed E-state index contributed by atoms with van der Waals surface area (Å²) in [6, 6.07) is 5.56. The number of hydrogen-bond donors (Lipinski definition) is 1. The van der Waals surface area contributed by atoms with E-state index in [0.717, 1.165) is 11.3 Å². The van der Waals surface area contributed by atoms with Gasteiger partial charge in [0.1, 0.15) is 23.1 Å². The Morgan fingerprint density at radius 2 is 2.22 bits per heavy atom. The highest BCUT2D eigenvalue weighted by Crippen LogP contribution is 2.33. The van der Waals surface area contributed by atoms with E-state index in [1.165, 1.54) is 18.2 Å². The molecule has 0 fully saturated rings. The molecule has 0 aliphatic carbocycles. The molecule has 10 nitrogen and oxygen atoms in total. The van der Waals surface area contributed by atoms with Gasteiger partial charge in [-0.25, -0.2) is 8.42 Å². The van der Waals surface area contributed by atoms with Gasteiger partial charge in [-0.15, -0.1) is 11.3 Å². The number of rotatable bonds is 7. The predicted octanol–water partition coefficient (Wildman–Crippen LogP) is 1.54. The molecule has 27 heavy (non-hydrogen) atoms. The Hall–Kier alpha value is -2.54. The monoisotopic (exact) mass is 414 g/mol. The van der Waals surface area contributed by atoms with Crippen molar-refractivity contribution in [3.05, 3.63) is 50.9 Å². The second-order valence-electron chi connectivity index (χ2n) is 5.38. The summed E-state index contributed by atoms with van der Waals surface area (Å²) < 4.78 is 41.6. The molecule has 1 aromatic carbocycles. The molecule has 1 aromatic heterocycles. The molecule has 144 valence electrons. The number of sulfonamides is 1. The van der Waals surface area contributed by atoms with Gasteiger partial charge in [0, 0.05) is 23.3 Å². The first-order chi connectivity index (χ1) is 12.9. The molecule has 0 radical (unpaired) electrons. The van der Waals surface area contributed by atoms with E-state index >= 15 is 0 Å². The number of esters is 1. The molecule has 0 saturated carbocycles. The third kappa shape index (κ3) is 4.60. The molecule has 0 unspecified atom stereocenters. The molecule has 1 N–H and O–H groups in total. The summed E-state index contributed by atoms with van der Waals surface area (Å²) in [6.45, 7) is -0.754. The minimum atomic E-state index is -3.79. The third-order valence-electron chi connectivity index (χ3n) is 3.54. The predicted molar refractivity (Wildman–Crippen MR) is 92.7 cm³/mol. The number of hydrogen-bond acceptors (Lipinski definition) is 9. The molecular weight excluding hydrogens is 400 g/mol. The smallest absolute Gasteiger partial charge is 0.321 e. The van der Waals surface area contributed by atoms with Gasteiger partial charge >= 0.3 is 5.97 Å². The molecule has 0 atom stereocenters. The Labute approximate surface area is 157 Å². The van der Waals surface area contributed by atoms with Crippen LogP contribution in [-0.2, 0) is 37.5 Å². The van der Waals surface area contributed by atoms with Crippen LogP contribution in [0.1, 0.15) is 11.1 Å². The largest absolute Gasteiger partial charge is 0.467 e. The molecule has 0 amide bonds. The Morgan fingerprint density at radius 1 is 1.41 bits per heavy atom. The molecule has 2 aromatic rings. The van der Waals surface area contributed by atoms with E-state index in [2.05, 4.69) is 4.72 Å². The zero-order valence-corrected chi connectivity index (χ0v) is 15.4. The lowest BCUT2D eigenvalue weighted by Crippen LogP contribution is -2.30. The number of nitro benzene ring substituents is 1. The maximum absolute atomic E-state index is 12.0. The average molecular weight is 414 g/mol. The number of benzene rings is 1. The zero-order valence-electron chi connectivity index (χ0n) is 13.7. The fourth-order valence-corrected chi connectivity index (χ4v) is 4.35. The summed E-state index contributed by atoms with van der Waals surface area (Å²) in [6.07, 6.45) is 0. The van der Waals surface area contributed by atoms with Crippen molar-refractivity contribution in [1.82, 2.24) is 4.72 Å². The first kappa shape index (κ1) is 19.2. The van der Waals surface area contributed by atoms with Gasteiger partial charge in [-0.05, 0) is 11.4 Å². The number of thiophene rings is 1. The van der Waals surface area contributed by atoms with Crippen LogP contribution in [0.2, 0.25) is 0 Å². The van der Waals surface area contributed by atoms with Gasteiger partial charge < -0.3 is 14.2 Å².